The van der Waals surface area contributed by atoms with Crippen LogP contribution >= 0.6 is 24.4 Å². The number of thiocarbonyl (C=S) groups is 2. The minimum Gasteiger partial charge on any atom is -0.499 e. The molecule has 2 nitrogen and oxygen atoms in total. The molecule has 0 saturated carbocycles. The second-order valence-corrected chi connectivity index (χ2v) is 5.67. The van der Waals surface area contributed by atoms with Crippen LogP contribution in [0.5, 0.6) is 0 Å². The molecule has 4 heteroatoms. The second kappa shape index (κ2) is 13.7. The van der Waals surface area contributed by atoms with Crippen LogP contribution in [-0.2, 0) is 4.74 Å². The van der Waals surface area contributed by atoms with Gasteiger partial charge in [-0.1, -0.05) is 97.1 Å². The molecule has 3 aromatic carbocycles. The Bertz CT molecular complexity index is 718. The van der Waals surface area contributed by atoms with Gasteiger partial charge in [-0.05, 0) is 31.4 Å². The Morgan fingerprint density at radius 3 is 1.35 bits per heavy atom. The zero-order valence-corrected chi connectivity index (χ0v) is 16.2. The Labute approximate surface area is 166 Å². The Hall–Kier alpha value is -2.56. The van der Waals surface area contributed by atoms with Gasteiger partial charge in [0.05, 0.1) is 6.61 Å². The SMILES string of the molecule is CCOC(=S)c1ccccc1.OC(=S)c1ccccc1.c1ccccc1. The van der Waals surface area contributed by atoms with Gasteiger partial charge in [0.25, 0.3) is 0 Å². The molecule has 0 bridgehead atoms. The van der Waals surface area contributed by atoms with Gasteiger partial charge in [-0.2, -0.15) is 0 Å². The van der Waals surface area contributed by atoms with E-state index < -0.39 is 0 Å². The lowest BCUT2D eigenvalue weighted by atomic mass is 10.2. The van der Waals surface area contributed by atoms with Crippen LogP contribution in [0.2, 0.25) is 0 Å². The maximum Gasteiger partial charge on any atom is 0.191 e. The minimum atomic E-state index is -0.0457. The largest absolute Gasteiger partial charge is 0.499 e. The Morgan fingerprint density at radius 2 is 1.04 bits per heavy atom. The fraction of sp³-hybridized carbons (Fsp3) is 0.0909. The molecule has 0 aromatic heterocycles. The zero-order chi connectivity index (χ0) is 19.0. The molecule has 0 atom stereocenters. The van der Waals surface area contributed by atoms with Crippen molar-refractivity contribution in [1.29, 1.82) is 0 Å². The molecule has 0 heterocycles. The zero-order valence-electron chi connectivity index (χ0n) is 14.6. The lowest BCUT2D eigenvalue weighted by Crippen LogP contribution is -2.01. The van der Waals surface area contributed by atoms with Gasteiger partial charge < -0.3 is 9.84 Å². The summed E-state index contributed by atoms with van der Waals surface area (Å²) in [4.78, 5) is 0. The Kier molecular flexibility index (Phi) is 11.3. The molecule has 0 aliphatic carbocycles. The molecule has 3 rings (SSSR count). The van der Waals surface area contributed by atoms with Gasteiger partial charge in [-0.25, -0.2) is 0 Å². The van der Waals surface area contributed by atoms with Gasteiger partial charge in [-0.3, -0.25) is 0 Å². The van der Waals surface area contributed by atoms with E-state index in [1.54, 1.807) is 12.1 Å². The standard InChI is InChI=1S/C9H10OS.C7H6OS.C6H6/c1-2-10-9(11)8-6-4-3-5-7-8;8-7(9)6-4-2-1-3-5-6;1-2-4-6-5-3-1/h3-7H,2H2,1H3;1-5H,(H,8,9);1-6H. The van der Waals surface area contributed by atoms with Crippen LogP contribution < -0.4 is 0 Å². The third kappa shape index (κ3) is 9.67. The van der Waals surface area contributed by atoms with Crippen molar-refractivity contribution in [3.8, 4) is 0 Å². The monoisotopic (exact) mass is 382 g/mol. The van der Waals surface area contributed by atoms with Crippen LogP contribution in [0.3, 0.4) is 0 Å². The highest BCUT2D eigenvalue weighted by atomic mass is 32.1. The molecule has 1 N–H and O–H groups in total. The summed E-state index contributed by atoms with van der Waals surface area (Å²) in [5, 5.41) is 9.29. The first kappa shape index (κ1) is 21.5. The molecule has 0 aliphatic rings. The lowest BCUT2D eigenvalue weighted by Gasteiger charge is -2.02. The molecule has 0 spiro atoms. The number of hydrogen-bond acceptors (Lipinski definition) is 3. The predicted molar refractivity (Wildman–Crippen MR) is 117 cm³/mol. The number of aliphatic hydroxyl groups is 1. The van der Waals surface area contributed by atoms with Crippen LogP contribution in [0.15, 0.2) is 97.1 Å². The van der Waals surface area contributed by atoms with Gasteiger partial charge in [0.2, 0.25) is 0 Å². The average molecular weight is 383 g/mol. The van der Waals surface area contributed by atoms with E-state index in [0.717, 1.165) is 5.56 Å². The minimum absolute atomic E-state index is 0.0457. The second-order valence-electron chi connectivity index (χ2n) is 4.91. The van der Waals surface area contributed by atoms with Gasteiger partial charge >= 0.3 is 0 Å². The van der Waals surface area contributed by atoms with E-state index >= 15 is 0 Å². The van der Waals surface area contributed by atoms with Crippen LogP contribution in [0, 0.1) is 0 Å². The number of benzene rings is 3. The fourth-order valence-electron chi connectivity index (χ4n) is 1.75. The summed E-state index contributed by atoms with van der Waals surface area (Å²) in [5.74, 6) is 0. The molecule has 0 amide bonds. The number of ether oxygens (including phenoxy) is 1. The summed E-state index contributed by atoms with van der Waals surface area (Å²) in [6, 6.07) is 30.8. The van der Waals surface area contributed by atoms with Crippen molar-refractivity contribution < 1.29 is 9.84 Å². The smallest absolute Gasteiger partial charge is 0.191 e. The van der Waals surface area contributed by atoms with Crippen molar-refractivity contribution in [2.75, 3.05) is 6.61 Å². The maximum atomic E-state index is 8.76. The predicted octanol–water partition coefficient (Wildman–Crippen LogP) is 6.01. The van der Waals surface area contributed by atoms with Crippen LogP contribution in [0.1, 0.15) is 18.1 Å². The summed E-state index contributed by atoms with van der Waals surface area (Å²) in [6.07, 6.45) is 0. The fourth-order valence-corrected chi connectivity index (χ4v) is 2.14. The van der Waals surface area contributed by atoms with Gasteiger partial charge in [0.15, 0.2) is 10.1 Å². The molecule has 26 heavy (non-hydrogen) atoms. The van der Waals surface area contributed by atoms with E-state index in [1.807, 2.05) is 91.9 Å². The van der Waals surface area contributed by atoms with Crippen molar-refractivity contribution in [3.63, 3.8) is 0 Å². The molecule has 0 aliphatic heterocycles. The summed E-state index contributed by atoms with van der Waals surface area (Å²) < 4.78 is 5.16. The molecule has 0 radical (unpaired) electrons. The summed E-state index contributed by atoms with van der Waals surface area (Å²) >= 11 is 9.52. The van der Waals surface area contributed by atoms with Crippen molar-refractivity contribution >= 4 is 34.5 Å². The van der Waals surface area contributed by atoms with E-state index in [9.17, 15) is 0 Å². The number of rotatable bonds is 3. The van der Waals surface area contributed by atoms with Crippen LogP contribution in [0.25, 0.3) is 0 Å². The third-order valence-corrected chi connectivity index (χ3v) is 3.56. The van der Waals surface area contributed by atoms with Gasteiger partial charge in [0, 0.05) is 11.1 Å². The van der Waals surface area contributed by atoms with E-state index in [-0.39, 0.29) is 5.05 Å². The Balaban J connectivity index is 0.000000203. The summed E-state index contributed by atoms with van der Waals surface area (Å²) in [7, 11) is 0. The first-order valence-electron chi connectivity index (χ1n) is 8.15. The van der Waals surface area contributed by atoms with E-state index in [2.05, 4.69) is 12.2 Å². The van der Waals surface area contributed by atoms with Crippen molar-refractivity contribution in [1.82, 2.24) is 0 Å². The number of aliphatic hydroxyl groups excluding tert-OH is 1. The van der Waals surface area contributed by atoms with Crippen LogP contribution in [-0.4, -0.2) is 21.8 Å². The first-order chi connectivity index (χ1) is 12.6. The number of hydrogen-bond donors (Lipinski definition) is 1. The quantitative estimate of drug-likeness (QED) is 0.562. The molecule has 0 saturated heterocycles. The highest BCUT2D eigenvalue weighted by Crippen LogP contribution is 2.01. The molecule has 3 aromatic rings. The molecule has 0 fully saturated rings. The van der Waals surface area contributed by atoms with Crippen LogP contribution in [0.4, 0.5) is 0 Å². The van der Waals surface area contributed by atoms with E-state index in [4.69, 9.17) is 22.1 Å². The third-order valence-electron chi connectivity index (χ3n) is 2.97. The van der Waals surface area contributed by atoms with Crippen molar-refractivity contribution in [2.45, 2.75) is 6.92 Å². The normalized spacial score (nSPS) is 8.81. The van der Waals surface area contributed by atoms with Crippen molar-refractivity contribution in [3.05, 3.63) is 108 Å². The topological polar surface area (TPSA) is 29.5 Å². The summed E-state index contributed by atoms with van der Waals surface area (Å²) in [6.45, 7) is 2.56. The van der Waals surface area contributed by atoms with E-state index in [0.29, 0.717) is 17.2 Å². The maximum absolute atomic E-state index is 8.76. The Morgan fingerprint density at radius 1 is 0.692 bits per heavy atom. The summed E-state index contributed by atoms with van der Waals surface area (Å²) in [5.41, 5.74) is 1.68. The highest BCUT2D eigenvalue weighted by Gasteiger charge is 1.97. The van der Waals surface area contributed by atoms with E-state index in [1.165, 1.54) is 0 Å². The lowest BCUT2D eigenvalue weighted by molar-refractivity contribution is 0.337. The first-order valence-corrected chi connectivity index (χ1v) is 8.97. The molecule has 0 unspecified atom stereocenters. The molecular formula is C22H22O2S2. The van der Waals surface area contributed by atoms with Gasteiger partial charge in [-0.15, -0.1) is 0 Å². The molecule has 134 valence electrons. The van der Waals surface area contributed by atoms with Crippen molar-refractivity contribution in [2.24, 2.45) is 0 Å². The highest BCUT2D eigenvalue weighted by molar-refractivity contribution is 7.80. The average Bonchev–Trinajstić information content (AvgIpc) is 2.72. The van der Waals surface area contributed by atoms with Gasteiger partial charge in [0.1, 0.15) is 0 Å². The molecular weight excluding hydrogens is 360 g/mol.